The number of hydrogen-bond acceptors (Lipinski definition) is 5. The minimum atomic E-state index is -0.393. The van der Waals surface area contributed by atoms with Crippen molar-refractivity contribution in [2.24, 2.45) is 0 Å². The number of aromatic amines is 1. The Morgan fingerprint density at radius 1 is 1.06 bits per heavy atom. The van der Waals surface area contributed by atoms with Crippen LogP contribution in [-0.4, -0.2) is 52.8 Å². The smallest absolute Gasteiger partial charge is 0.132 e. The number of halogens is 1. The molecule has 0 saturated carbocycles. The number of anilines is 1. The Hall–Kier alpha value is -3.76. The highest BCUT2D eigenvalue weighted by Gasteiger charge is 2.20. The van der Waals surface area contributed by atoms with Crippen LogP contribution < -0.4 is 4.90 Å². The topological polar surface area (TPSA) is 71.8 Å². The van der Waals surface area contributed by atoms with Gasteiger partial charge in [-0.25, -0.2) is 9.37 Å². The molecule has 7 heteroatoms. The van der Waals surface area contributed by atoms with Gasteiger partial charge in [-0.2, -0.15) is 10.4 Å². The zero-order valence-electron chi connectivity index (χ0n) is 18.8. The van der Waals surface area contributed by atoms with Crippen LogP contribution in [0.5, 0.6) is 0 Å². The van der Waals surface area contributed by atoms with Crippen LogP contribution in [0.3, 0.4) is 0 Å². The summed E-state index contributed by atoms with van der Waals surface area (Å²) in [6.07, 6.45) is 0. The molecule has 1 saturated heterocycles. The van der Waals surface area contributed by atoms with E-state index < -0.39 is 5.82 Å². The summed E-state index contributed by atoms with van der Waals surface area (Å²) in [7, 11) is 0. The van der Waals surface area contributed by atoms with Gasteiger partial charge in [-0.05, 0) is 43.3 Å². The van der Waals surface area contributed by atoms with Gasteiger partial charge in [-0.15, -0.1) is 0 Å². The van der Waals surface area contributed by atoms with Crippen molar-refractivity contribution in [1.82, 2.24) is 20.1 Å². The lowest BCUT2D eigenvalue weighted by molar-refractivity contribution is 0.271. The largest absolute Gasteiger partial charge is 0.369 e. The summed E-state index contributed by atoms with van der Waals surface area (Å²) in [5.74, 6) is -0.393. The zero-order chi connectivity index (χ0) is 22.9. The molecule has 0 aliphatic carbocycles. The van der Waals surface area contributed by atoms with Crippen molar-refractivity contribution in [2.45, 2.75) is 13.8 Å². The van der Waals surface area contributed by atoms with E-state index in [4.69, 9.17) is 4.98 Å². The number of likely N-dealkylation sites (N-methyl/N-ethyl adjacent to an activating group) is 1. The fraction of sp³-hybridized carbons (Fsp3) is 0.269. The number of H-pyrrole nitrogens is 1. The van der Waals surface area contributed by atoms with Crippen molar-refractivity contribution in [3.63, 3.8) is 0 Å². The number of benzene rings is 2. The van der Waals surface area contributed by atoms with Crippen molar-refractivity contribution in [3.8, 4) is 28.6 Å². The fourth-order valence-corrected chi connectivity index (χ4v) is 4.51. The predicted octanol–water partition coefficient (Wildman–Crippen LogP) is 4.75. The number of fused-ring (bicyclic) bond motifs is 1. The average molecular weight is 441 g/mol. The van der Waals surface area contributed by atoms with Crippen molar-refractivity contribution < 1.29 is 4.39 Å². The van der Waals surface area contributed by atoms with E-state index in [1.807, 2.05) is 25.1 Å². The summed E-state index contributed by atoms with van der Waals surface area (Å²) in [6.45, 7) is 9.29. The first-order chi connectivity index (χ1) is 16.1. The number of nitriles is 1. The van der Waals surface area contributed by atoms with Crippen LogP contribution in [-0.2, 0) is 0 Å². The Morgan fingerprint density at radius 3 is 2.48 bits per heavy atom. The van der Waals surface area contributed by atoms with E-state index in [2.05, 4.69) is 45.1 Å². The van der Waals surface area contributed by atoms with E-state index >= 15 is 0 Å². The van der Waals surface area contributed by atoms with Gasteiger partial charge in [-0.1, -0.05) is 31.2 Å². The molecule has 6 nitrogen and oxygen atoms in total. The van der Waals surface area contributed by atoms with Crippen LogP contribution in [0.4, 0.5) is 10.1 Å². The van der Waals surface area contributed by atoms with Gasteiger partial charge in [0.05, 0.1) is 16.8 Å². The van der Waals surface area contributed by atoms with Gasteiger partial charge in [-0.3, -0.25) is 5.10 Å². The number of aryl methyl sites for hydroxylation is 1. The third-order valence-electron chi connectivity index (χ3n) is 6.44. The second-order valence-electron chi connectivity index (χ2n) is 8.36. The molecule has 0 spiro atoms. The number of pyridine rings is 1. The molecule has 2 aromatic heterocycles. The lowest BCUT2D eigenvalue weighted by Crippen LogP contribution is -2.46. The van der Waals surface area contributed by atoms with Crippen molar-refractivity contribution in [2.75, 3.05) is 37.6 Å². The third-order valence-corrected chi connectivity index (χ3v) is 6.44. The maximum absolute atomic E-state index is 14.7. The number of aromatic nitrogens is 3. The number of nitrogens with one attached hydrogen (secondary N) is 1. The van der Waals surface area contributed by atoms with Crippen molar-refractivity contribution in [1.29, 1.82) is 5.26 Å². The highest BCUT2D eigenvalue weighted by Crippen LogP contribution is 2.33. The quantitative estimate of drug-likeness (QED) is 0.496. The number of hydrogen-bond donors (Lipinski definition) is 1. The summed E-state index contributed by atoms with van der Waals surface area (Å²) < 4.78 is 14.7. The van der Waals surface area contributed by atoms with Gasteiger partial charge in [0, 0.05) is 43.0 Å². The van der Waals surface area contributed by atoms with Gasteiger partial charge in [0.2, 0.25) is 0 Å². The fourth-order valence-electron chi connectivity index (χ4n) is 4.51. The molecule has 1 fully saturated rings. The molecule has 0 amide bonds. The molecule has 0 bridgehead atoms. The molecule has 166 valence electrons. The monoisotopic (exact) mass is 440 g/mol. The SMILES string of the molecule is CCN1CCN(c2ccc(-c3n[nH]c4cc(C#N)c(-c5c(C)cccc5F)nc34)cc2)CC1. The molecule has 0 radical (unpaired) electrons. The first-order valence-electron chi connectivity index (χ1n) is 11.2. The Bertz CT molecular complexity index is 1320. The van der Waals surface area contributed by atoms with Gasteiger partial charge in [0.1, 0.15) is 23.1 Å². The molecule has 3 heterocycles. The van der Waals surface area contributed by atoms with Gasteiger partial charge < -0.3 is 9.80 Å². The van der Waals surface area contributed by atoms with Crippen LogP contribution in [0.15, 0.2) is 48.5 Å². The Balaban J connectivity index is 1.53. The molecular weight excluding hydrogens is 415 g/mol. The Labute approximate surface area is 192 Å². The molecule has 1 aliphatic heterocycles. The average Bonchev–Trinajstić information content (AvgIpc) is 3.26. The standard InChI is InChI=1S/C26H25FN6/c1-3-32-11-13-33(14-12-32)20-9-7-18(8-10-20)25-26-22(30-31-25)15-19(16-28)24(29-26)23-17(2)5-4-6-21(23)27/h4-10,15H,3,11-14H2,1-2H3,(H,30,31). The van der Waals surface area contributed by atoms with Crippen LogP contribution in [0.2, 0.25) is 0 Å². The van der Waals surface area contributed by atoms with E-state index in [-0.39, 0.29) is 0 Å². The lowest BCUT2D eigenvalue weighted by Gasteiger charge is -2.35. The maximum Gasteiger partial charge on any atom is 0.132 e. The minimum Gasteiger partial charge on any atom is -0.369 e. The molecule has 1 aliphatic rings. The zero-order valence-corrected chi connectivity index (χ0v) is 18.8. The third kappa shape index (κ3) is 3.83. The van der Waals surface area contributed by atoms with Gasteiger partial charge >= 0.3 is 0 Å². The Morgan fingerprint density at radius 2 is 1.82 bits per heavy atom. The molecular formula is C26H25FN6. The van der Waals surface area contributed by atoms with Crippen molar-refractivity contribution in [3.05, 3.63) is 65.5 Å². The summed E-state index contributed by atoms with van der Waals surface area (Å²) in [6, 6.07) is 17.0. The van der Waals surface area contributed by atoms with Crippen LogP contribution in [0.25, 0.3) is 33.5 Å². The molecule has 0 atom stereocenters. The first-order valence-corrected chi connectivity index (χ1v) is 11.2. The first kappa shape index (κ1) is 21.1. The van der Waals surface area contributed by atoms with E-state index in [1.54, 1.807) is 12.1 Å². The maximum atomic E-state index is 14.7. The second-order valence-corrected chi connectivity index (χ2v) is 8.36. The van der Waals surface area contributed by atoms with Crippen LogP contribution in [0, 0.1) is 24.1 Å². The number of piperazine rings is 1. The second kappa shape index (κ2) is 8.64. The Kier molecular flexibility index (Phi) is 5.53. The molecule has 0 unspecified atom stereocenters. The summed E-state index contributed by atoms with van der Waals surface area (Å²) in [5.41, 5.74) is 5.81. The molecule has 2 aromatic carbocycles. The van der Waals surface area contributed by atoms with Crippen LogP contribution in [0.1, 0.15) is 18.1 Å². The highest BCUT2D eigenvalue weighted by atomic mass is 19.1. The van der Waals surface area contributed by atoms with Crippen molar-refractivity contribution >= 4 is 16.7 Å². The van der Waals surface area contributed by atoms with E-state index in [1.165, 1.54) is 11.8 Å². The molecule has 4 aromatic rings. The van der Waals surface area contributed by atoms with Gasteiger partial charge in [0.15, 0.2) is 0 Å². The van der Waals surface area contributed by atoms with Crippen LogP contribution >= 0.6 is 0 Å². The predicted molar refractivity (Wildman–Crippen MR) is 128 cm³/mol. The normalized spacial score (nSPS) is 14.5. The molecule has 33 heavy (non-hydrogen) atoms. The van der Waals surface area contributed by atoms with E-state index in [0.717, 1.165) is 43.9 Å². The number of nitrogens with zero attached hydrogens (tertiary/aromatic N) is 5. The van der Waals surface area contributed by atoms with Gasteiger partial charge in [0.25, 0.3) is 0 Å². The molecule has 1 N–H and O–H groups in total. The minimum absolute atomic E-state index is 0.312. The number of rotatable bonds is 4. The lowest BCUT2D eigenvalue weighted by atomic mass is 10.00. The summed E-state index contributed by atoms with van der Waals surface area (Å²) in [4.78, 5) is 9.59. The molecule has 5 rings (SSSR count). The summed E-state index contributed by atoms with van der Waals surface area (Å²) >= 11 is 0. The highest BCUT2D eigenvalue weighted by molar-refractivity contribution is 5.93. The summed E-state index contributed by atoms with van der Waals surface area (Å²) in [5, 5.41) is 17.1. The van der Waals surface area contributed by atoms with E-state index in [0.29, 0.717) is 33.5 Å². The van der Waals surface area contributed by atoms with E-state index in [9.17, 15) is 9.65 Å².